The molecule has 24 heavy (non-hydrogen) atoms. The smallest absolute Gasteiger partial charge is 0.276 e. The third-order valence-electron chi connectivity index (χ3n) is 3.35. The van der Waals surface area contributed by atoms with Crippen LogP contribution in [0.4, 0.5) is 5.69 Å². The molecule has 0 aliphatic rings. The van der Waals surface area contributed by atoms with Gasteiger partial charge in [0.1, 0.15) is 0 Å². The van der Waals surface area contributed by atoms with Crippen LogP contribution >= 0.6 is 11.3 Å². The highest BCUT2D eigenvalue weighted by molar-refractivity contribution is 7.09. The minimum Gasteiger partial charge on any atom is -0.379 e. The summed E-state index contributed by atoms with van der Waals surface area (Å²) in [5.74, 6) is -0.279. The molecule has 5 nitrogen and oxygen atoms in total. The molecule has 6 heteroatoms. The van der Waals surface area contributed by atoms with Crippen LogP contribution in [-0.4, -0.2) is 10.9 Å². The van der Waals surface area contributed by atoms with E-state index in [-0.39, 0.29) is 5.91 Å². The third kappa shape index (κ3) is 4.41. The summed E-state index contributed by atoms with van der Waals surface area (Å²) < 4.78 is 0. The SMILES string of the molecule is O=C(NOCc1ccccc1)c1ccccc1NCc1cncs1. The minimum absolute atomic E-state index is 0.279. The molecule has 1 heterocycles. The van der Waals surface area contributed by atoms with E-state index >= 15 is 0 Å². The molecule has 0 aliphatic carbocycles. The van der Waals surface area contributed by atoms with Crippen LogP contribution in [-0.2, 0) is 18.0 Å². The van der Waals surface area contributed by atoms with Gasteiger partial charge in [-0.2, -0.15) is 0 Å². The van der Waals surface area contributed by atoms with Crippen LogP contribution in [0.2, 0.25) is 0 Å². The van der Waals surface area contributed by atoms with Crippen molar-refractivity contribution >= 4 is 22.9 Å². The van der Waals surface area contributed by atoms with Gasteiger partial charge in [-0.25, -0.2) is 5.48 Å². The topological polar surface area (TPSA) is 63.2 Å². The van der Waals surface area contributed by atoms with Crippen LogP contribution in [0.3, 0.4) is 0 Å². The number of benzene rings is 2. The predicted octanol–water partition coefficient (Wildman–Crippen LogP) is 3.62. The maximum atomic E-state index is 12.3. The Morgan fingerprint density at radius 2 is 1.88 bits per heavy atom. The molecule has 2 N–H and O–H groups in total. The summed E-state index contributed by atoms with van der Waals surface area (Å²) in [5.41, 5.74) is 6.57. The maximum absolute atomic E-state index is 12.3. The Morgan fingerprint density at radius 1 is 1.08 bits per heavy atom. The number of hydrogen-bond donors (Lipinski definition) is 2. The number of thiazole rings is 1. The van der Waals surface area contributed by atoms with Gasteiger partial charge in [-0.3, -0.25) is 14.6 Å². The molecule has 0 aliphatic heterocycles. The first kappa shape index (κ1) is 16.2. The number of aromatic nitrogens is 1. The van der Waals surface area contributed by atoms with Crippen LogP contribution in [0.5, 0.6) is 0 Å². The number of rotatable bonds is 7. The second-order valence-corrected chi connectivity index (χ2v) is 6.04. The molecule has 3 aromatic rings. The molecule has 0 saturated heterocycles. The first-order chi connectivity index (χ1) is 11.8. The number of nitrogens with one attached hydrogen (secondary N) is 2. The Hall–Kier alpha value is -2.70. The van der Waals surface area contributed by atoms with Gasteiger partial charge in [-0.05, 0) is 17.7 Å². The first-order valence-electron chi connectivity index (χ1n) is 7.49. The number of anilines is 1. The molecular formula is C18H17N3O2S. The van der Waals surface area contributed by atoms with Crippen molar-refractivity contribution in [3.63, 3.8) is 0 Å². The van der Waals surface area contributed by atoms with E-state index in [0.29, 0.717) is 18.7 Å². The lowest BCUT2D eigenvalue weighted by Crippen LogP contribution is -2.24. The molecular weight excluding hydrogens is 322 g/mol. The Kier molecular flexibility index (Phi) is 5.55. The molecule has 0 unspecified atom stereocenters. The lowest BCUT2D eigenvalue weighted by molar-refractivity contribution is 0.0234. The predicted molar refractivity (Wildman–Crippen MR) is 94.6 cm³/mol. The minimum atomic E-state index is -0.279. The first-order valence-corrected chi connectivity index (χ1v) is 8.37. The van der Waals surface area contributed by atoms with Gasteiger partial charge in [-0.1, -0.05) is 42.5 Å². The van der Waals surface area contributed by atoms with Crippen molar-refractivity contribution in [2.24, 2.45) is 0 Å². The number of carbonyl (C=O) groups is 1. The van der Waals surface area contributed by atoms with Crippen molar-refractivity contribution in [1.82, 2.24) is 10.5 Å². The maximum Gasteiger partial charge on any atom is 0.276 e. The Labute approximate surface area is 144 Å². The fourth-order valence-electron chi connectivity index (χ4n) is 2.16. The largest absolute Gasteiger partial charge is 0.379 e. The van der Waals surface area contributed by atoms with Crippen molar-refractivity contribution in [1.29, 1.82) is 0 Å². The summed E-state index contributed by atoms with van der Waals surface area (Å²) in [6.45, 7) is 0.947. The van der Waals surface area contributed by atoms with Crippen LogP contribution in [0.15, 0.2) is 66.3 Å². The highest BCUT2D eigenvalue weighted by Crippen LogP contribution is 2.17. The van der Waals surface area contributed by atoms with Gasteiger partial charge in [0.2, 0.25) is 0 Å². The van der Waals surface area contributed by atoms with E-state index in [2.05, 4.69) is 15.8 Å². The molecule has 0 atom stereocenters. The van der Waals surface area contributed by atoms with Crippen molar-refractivity contribution in [3.8, 4) is 0 Å². The average molecular weight is 339 g/mol. The Bertz CT molecular complexity index is 776. The van der Waals surface area contributed by atoms with Gasteiger partial charge in [-0.15, -0.1) is 11.3 Å². The van der Waals surface area contributed by atoms with Gasteiger partial charge in [0, 0.05) is 16.8 Å². The van der Waals surface area contributed by atoms with E-state index in [1.165, 1.54) is 0 Å². The normalized spacial score (nSPS) is 10.3. The second kappa shape index (κ2) is 8.24. The number of hydroxylamine groups is 1. The number of nitrogens with zero attached hydrogens (tertiary/aromatic N) is 1. The average Bonchev–Trinajstić information content (AvgIpc) is 3.14. The summed E-state index contributed by atoms with van der Waals surface area (Å²) in [6.07, 6.45) is 1.81. The van der Waals surface area contributed by atoms with E-state index in [9.17, 15) is 4.79 Å². The van der Waals surface area contributed by atoms with E-state index in [4.69, 9.17) is 4.84 Å². The summed E-state index contributed by atoms with van der Waals surface area (Å²) in [6, 6.07) is 17.0. The Balaban J connectivity index is 1.57. The summed E-state index contributed by atoms with van der Waals surface area (Å²) in [7, 11) is 0. The number of para-hydroxylation sites is 1. The molecule has 122 valence electrons. The fraction of sp³-hybridized carbons (Fsp3) is 0.111. The van der Waals surface area contributed by atoms with Gasteiger partial charge in [0.05, 0.1) is 24.2 Å². The molecule has 1 aromatic heterocycles. The number of carbonyl (C=O) groups excluding carboxylic acids is 1. The number of amides is 1. The van der Waals surface area contributed by atoms with Crippen LogP contribution < -0.4 is 10.8 Å². The zero-order chi connectivity index (χ0) is 16.6. The monoisotopic (exact) mass is 339 g/mol. The van der Waals surface area contributed by atoms with E-state index in [1.807, 2.05) is 54.7 Å². The van der Waals surface area contributed by atoms with Crippen LogP contribution in [0.25, 0.3) is 0 Å². The highest BCUT2D eigenvalue weighted by atomic mass is 32.1. The van der Waals surface area contributed by atoms with Gasteiger partial charge in [0.15, 0.2) is 0 Å². The molecule has 1 amide bonds. The van der Waals surface area contributed by atoms with E-state index in [0.717, 1.165) is 16.1 Å². The van der Waals surface area contributed by atoms with Crippen molar-refractivity contribution < 1.29 is 9.63 Å². The molecule has 0 radical (unpaired) electrons. The molecule has 3 rings (SSSR count). The fourth-order valence-corrected chi connectivity index (χ4v) is 2.70. The van der Waals surface area contributed by atoms with Gasteiger partial charge in [0.25, 0.3) is 5.91 Å². The molecule has 0 fully saturated rings. The summed E-state index contributed by atoms with van der Waals surface area (Å²) in [5, 5.41) is 3.26. The molecule has 0 saturated carbocycles. The zero-order valence-electron chi connectivity index (χ0n) is 12.9. The van der Waals surface area contributed by atoms with Gasteiger partial charge < -0.3 is 5.32 Å². The Morgan fingerprint density at radius 3 is 2.67 bits per heavy atom. The van der Waals surface area contributed by atoms with E-state index in [1.54, 1.807) is 22.9 Å². The van der Waals surface area contributed by atoms with Crippen LogP contribution in [0.1, 0.15) is 20.8 Å². The second-order valence-electron chi connectivity index (χ2n) is 5.07. The van der Waals surface area contributed by atoms with Crippen molar-refractivity contribution in [2.45, 2.75) is 13.2 Å². The van der Waals surface area contributed by atoms with Gasteiger partial charge >= 0.3 is 0 Å². The highest BCUT2D eigenvalue weighted by Gasteiger charge is 2.11. The molecule has 2 aromatic carbocycles. The number of hydrogen-bond acceptors (Lipinski definition) is 5. The summed E-state index contributed by atoms with van der Waals surface area (Å²) in [4.78, 5) is 22.8. The molecule has 0 spiro atoms. The standard InChI is InChI=1S/C18H17N3O2S/c22-18(21-23-12-14-6-2-1-3-7-14)16-8-4-5-9-17(16)20-11-15-10-19-13-24-15/h1-10,13,20H,11-12H2,(H,21,22). The van der Waals surface area contributed by atoms with E-state index < -0.39 is 0 Å². The lowest BCUT2D eigenvalue weighted by atomic mass is 10.1. The third-order valence-corrected chi connectivity index (χ3v) is 4.13. The summed E-state index contributed by atoms with van der Waals surface area (Å²) >= 11 is 1.57. The lowest BCUT2D eigenvalue weighted by Gasteiger charge is -2.11. The van der Waals surface area contributed by atoms with Crippen LogP contribution in [0, 0.1) is 0 Å². The molecule has 0 bridgehead atoms. The van der Waals surface area contributed by atoms with Crippen molar-refractivity contribution in [2.75, 3.05) is 5.32 Å². The zero-order valence-corrected chi connectivity index (χ0v) is 13.8. The van der Waals surface area contributed by atoms with Crippen molar-refractivity contribution in [3.05, 3.63) is 82.3 Å². The quantitative estimate of drug-likeness (QED) is 0.646.